The van der Waals surface area contributed by atoms with Gasteiger partial charge in [-0.15, -0.1) is 11.3 Å². The molecule has 0 aliphatic carbocycles. The first-order valence-corrected chi connectivity index (χ1v) is 7.08. The number of anilines is 1. The molecule has 0 bridgehead atoms. The van der Waals surface area contributed by atoms with Crippen molar-refractivity contribution in [3.05, 3.63) is 34.7 Å². The first-order valence-electron chi connectivity index (χ1n) is 6.20. The summed E-state index contributed by atoms with van der Waals surface area (Å²) in [5.41, 5.74) is 3.71. The molecule has 0 unspecified atom stereocenters. The lowest BCUT2D eigenvalue weighted by Gasteiger charge is -2.19. The third-order valence-electron chi connectivity index (χ3n) is 2.62. The number of nitrogens with zero attached hydrogens (tertiary/aromatic N) is 1. The van der Waals surface area contributed by atoms with Crippen LogP contribution in [0.15, 0.2) is 29.6 Å². The summed E-state index contributed by atoms with van der Waals surface area (Å²) < 4.78 is 0. The van der Waals surface area contributed by atoms with E-state index >= 15 is 0 Å². The summed E-state index contributed by atoms with van der Waals surface area (Å²) in [6, 6.07) is 8.49. The van der Waals surface area contributed by atoms with Gasteiger partial charge in [0.15, 0.2) is 0 Å². The highest BCUT2D eigenvalue weighted by molar-refractivity contribution is 7.09. The third kappa shape index (κ3) is 3.57. The zero-order chi connectivity index (χ0) is 13.2. The molecule has 96 valence electrons. The highest BCUT2D eigenvalue weighted by Crippen LogP contribution is 2.23. The molecule has 1 N–H and O–H groups in total. The molecule has 3 heteroatoms. The van der Waals surface area contributed by atoms with E-state index in [4.69, 9.17) is 0 Å². The van der Waals surface area contributed by atoms with Crippen molar-refractivity contribution < 1.29 is 0 Å². The van der Waals surface area contributed by atoms with Gasteiger partial charge in [-0.25, -0.2) is 4.98 Å². The van der Waals surface area contributed by atoms with E-state index in [0.717, 1.165) is 17.2 Å². The van der Waals surface area contributed by atoms with Crippen LogP contribution >= 0.6 is 11.3 Å². The topological polar surface area (TPSA) is 24.9 Å². The summed E-state index contributed by atoms with van der Waals surface area (Å²) in [6.45, 7) is 9.70. The predicted octanol–water partition coefficient (Wildman–Crippen LogP) is 4.58. The summed E-state index contributed by atoms with van der Waals surface area (Å²) in [6.07, 6.45) is 0. The van der Waals surface area contributed by atoms with Crippen LogP contribution < -0.4 is 5.32 Å². The number of nitrogens with one attached hydrogen (secondary N) is 1. The van der Waals surface area contributed by atoms with Gasteiger partial charge in [0.2, 0.25) is 0 Å². The lowest BCUT2D eigenvalue weighted by Crippen LogP contribution is -2.18. The van der Waals surface area contributed by atoms with Crippen molar-refractivity contribution in [1.29, 1.82) is 0 Å². The Labute approximate surface area is 113 Å². The Morgan fingerprint density at radius 1 is 1.17 bits per heavy atom. The maximum absolute atomic E-state index is 4.49. The van der Waals surface area contributed by atoms with Gasteiger partial charge in [-0.2, -0.15) is 0 Å². The number of aryl methyl sites for hydroxylation is 1. The summed E-state index contributed by atoms with van der Waals surface area (Å²) >= 11 is 1.69. The highest BCUT2D eigenvalue weighted by Gasteiger charge is 2.09. The molecule has 0 aliphatic rings. The van der Waals surface area contributed by atoms with E-state index < -0.39 is 0 Å². The lowest BCUT2D eigenvalue weighted by molar-refractivity contribution is 0.443. The van der Waals surface area contributed by atoms with Crippen molar-refractivity contribution in [1.82, 2.24) is 4.98 Å². The van der Waals surface area contributed by atoms with E-state index in [1.165, 1.54) is 11.3 Å². The van der Waals surface area contributed by atoms with E-state index in [0.29, 0.717) is 5.41 Å². The number of aromatic nitrogens is 1. The van der Waals surface area contributed by atoms with Crippen LogP contribution in [0.4, 0.5) is 5.69 Å². The molecule has 0 amide bonds. The number of rotatable bonds is 3. The Kier molecular flexibility index (Phi) is 3.71. The standard InChI is InChI=1S/C15H20N2S/c1-11-17-14(9-18-11)12-5-7-13(8-6-12)16-10-15(2,3)4/h5-9,16H,10H2,1-4H3. The maximum Gasteiger partial charge on any atom is 0.0901 e. The summed E-state index contributed by atoms with van der Waals surface area (Å²) in [4.78, 5) is 4.49. The van der Waals surface area contributed by atoms with Crippen molar-refractivity contribution in [3.63, 3.8) is 0 Å². The van der Waals surface area contributed by atoms with Crippen LogP contribution in [0.3, 0.4) is 0 Å². The lowest BCUT2D eigenvalue weighted by atomic mass is 9.97. The average molecular weight is 260 g/mol. The van der Waals surface area contributed by atoms with Gasteiger partial charge in [-0.1, -0.05) is 32.9 Å². The molecule has 0 atom stereocenters. The van der Waals surface area contributed by atoms with Gasteiger partial charge >= 0.3 is 0 Å². The summed E-state index contributed by atoms with van der Waals surface area (Å²) in [5, 5.41) is 6.67. The predicted molar refractivity (Wildman–Crippen MR) is 80.2 cm³/mol. The smallest absolute Gasteiger partial charge is 0.0901 e. The van der Waals surface area contributed by atoms with Crippen molar-refractivity contribution in [2.45, 2.75) is 27.7 Å². The van der Waals surface area contributed by atoms with Crippen LogP contribution in [0.1, 0.15) is 25.8 Å². The average Bonchev–Trinajstić information content (AvgIpc) is 2.73. The van der Waals surface area contributed by atoms with Crippen molar-refractivity contribution in [3.8, 4) is 11.3 Å². The second kappa shape index (κ2) is 5.11. The van der Waals surface area contributed by atoms with E-state index in [2.05, 4.69) is 60.7 Å². The van der Waals surface area contributed by atoms with Crippen LogP contribution in [0, 0.1) is 12.3 Å². The fraction of sp³-hybridized carbons (Fsp3) is 0.400. The van der Waals surface area contributed by atoms with E-state index in [1.54, 1.807) is 11.3 Å². The van der Waals surface area contributed by atoms with Crippen LogP contribution in [-0.2, 0) is 0 Å². The molecule has 2 aromatic rings. The molecule has 2 rings (SSSR count). The fourth-order valence-corrected chi connectivity index (χ4v) is 2.24. The Morgan fingerprint density at radius 3 is 2.33 bits per heavy atom. The van der Waals surface area contributed by atoms with Crippen molar-refractivity contribution in [2.24, 2.45) is 5.41 Å². The Balaban J connectivity index is 2.06. The van der Waals surface area contributed by atoms with Gasteiger partial charge in [-0.05, 0) is 24.5 Å². The molecule has 0 aliphatic heterocycles. The number of thiazole rings is 1. The maximum atomic E-state index is 4.49. The zero-order valence-corrected chi connectivity index (χ0v) is 12.3. The van der Waals surface area contributed by atoms with Crippen LogP contribution in [0.2, 0.25) is 0 Å². The van der Waals surface area contributed by atoms with E-state index in [9.17, 15) is 0 Å². The van der Waals surface area contributed by atoms with Crippen LogP contribution in [-0.4, -0.2) is 11.5 Å². The minimum Gasteiger partial charge on any atom is -0.385 e. The summed E-state index contributed by atoms with van der Waals surface area (Å²) in [7, 11) is 0. The molecule has 2 nitrogen and oxygen atoms in total. The molecule has 0 radical (unpaired) electrons. The zero-order valence-electron chi connectivity index (χ0n) is 11.4. The number of hydrogen-bond donors (Lipinski definition) is 1. The van der Waals surface area contributed by atoms with Gasteiger partial charge < -0.3 is 5.32 Å². The Hall–Kier alpha value is -1.35. The van der Waals surface area contributed by atoms with Crippen LogP contribution in [0.25, 0.3) is 11.3 Å². The van der Waals surface area contributed by atoms with E-state index in [1.807, 2.05) is 6.92 Å². The molecule has 0 saturated heterocycles. The molecule has 1 aromatic heterocycles. The molecule has 18 heavy (non-hydrogen) atoms. The monoisotopic (exact) mass is 260 g/mol. The fourth-order valence-electron chi connectivity index (χ4n) is 1.62. The Bertz CT molecular complexity index is 506. The number of benzene rings is 1. The second-order valence-corrected chi connectivity index (χ2v) is 6.81. The van der Waals surface area contributed by atoms with Gasteiger partial charge in [0.25, 0.3) is 0 Å². The minimum atomic E-state index is 0.296. The highest BCUT2D eigenvalue weighted by atomic mass is 32.1. The molecular formula is C15H20N2S. The molecule has 0 spiro atoms. The quantitative estimate of drug-likeness (QED) is 0.874. The molecule has 0 saturated carbocycles. The Morgan fingerprint density at radius 2 is 1.83 bits per heavy atom. The first kappa shape index (κ1) is 13.1. The van der Waals surface area contributed by atoms with Gasteiger partial charge in [-0.3, -0.25) is 0 Å². The molecule has 1 aromatic carbocycles. The molecule has 1 heterocycles. The largest absolute Gasteiger partial charge is 0.385 e. The van der Waals surface area contributed by atoms with Gasteiger partial charge in [0.05, 0.1) is 10.7 Å². The SMILES string of the molecule is Cc1nc(-c2ccc(NCC(C)(C)C)cc2)cs1. The second-order valence-electron chi connectivity index (χ2n) is 5.74. The van der Waals surface area contributed by atoms with Crippen molar-refractivity contribution >= 4 is 17.0 Å². The minimum absolute atomic E-state index is 0.296. The van der Waals surface area contributed by atoms with E-state index in [-0.39, 0.29) is 0 Å². The molecular weight excluding hydrogens is 240 g/mol. The summed E-state index contributed by atoms with van der Waals surface area (Å²) in [5.74, 6) is 0. The van der Waals surface area contributed by atoms with Crippen LogP contribution in [0.5, 0.6) is 0 Å². The third-order valence-corrected chi connectivity index (χ3v) is 3.40. The molecule has 0 fully saturated rings. The number of hydrogen-bond acceptors (Lipinski definition) is 3. The normalized spacial score (nSPS) is 11.6. The van der Waals surface area contributed by atoms with Crippen molar-refractivity contribution in [2.75, 3.05) is 11.9 Å². The van der Waals surface area contributed by atoms with Gasteiger partial charge in [0, 0.05) is 23.2 Å². The first-order chi connectivity index (χ1) is 8.44. The van der Waals surface area contributed by atoms with Gasteiger partial charge in [0.1, 0.15) is 0 Å².